The number of fused-ring (bicyclic) bond motifs is 1. The van der Waals surface area contributed by atoms with Crippen molar-refractivity contribution in [1.82, 2.24) is 4.98 Å². The average Bonchev–Trinajstić information content (AvgIpc) is 3.02. The largest absolute Gasteiger partial charge is 0.311 e. The second kappa shape index (κ2) is 5.35. The first kappa shape index (κ1) is 12.7. The van der Waals surface area contributed by atoms with Crippen LogP contribution in [0.1, 0.15) is 11.3 Å². The molecule has 5 heteroatoms. The molecule has 2 heterocycles. The number of thioether (sulfide) groups is 1. The molecule has 2 aromatic rings. The molecule has 0 N–H and O–H groups in total. The Kier molecular flexibility index (Phi) is 3.57. The van der Waals surface area contributed by atoms with E-state index in [1.54, 1.807) is 11.3 Å². The molecule has 0 saturated heterocycles. The van der Waals surface area contributed by atoms with Gasteiger partial charge in [0, 0.05) is 23.3 Å². The summed E-state index contributed by atoms with van der Waals surface area (Å²) in [4.78, 5) is 18.5. The highest BCUT2D eigenvalue weighted by Gasteiger charge is 2.24. The number of hydrogen-bond donors (Lipinski definition) is 0. The van der Waals surface area contributed by atoms with Crippen LogP contribution >= 0.6 is 23.1 Å². The van der Waals surface area contributed by atoms with Crippen molar-refractivity contribution in [3.05, 3.63) is 40.9 Å². The molecule has 0 radical (unpaired) electrons. The summed E-state index contributed by atoms with van der Waals surface area (Å²) in [6, 6.07) is 8.14. The molecule has 1 amide bonds. The number of aryl methyl sites for hydroxylation is 1. The predicted octanol–water partition coefficient (Wildman–Crippen LogP) is 3.13. The maximum atomic E-state index is 12.3. The lowest BCUT2D eigenvalue weighted by molar-refractivity contribution is -0.116. The van der Waals surface area contributed by atoms with E-state index in [4.69, 9.17) is 0 Å². The molecular weight excluding hydrogens is 276 g/mol. The van der Waals surface area contributed by atoms with Gasteiger partial charge >= 0.3 is 0 Å². The Hall–Kier alpha value is -1.33. The molecule has 1 aliphatic heterocycles. The van der Waals surface area contributed by atoms with Gasteiger partial charge in [-0.3, -0.25) is 4.79 Å². The molecule has 0 aliphatic carbocycles. The smallest absolute Gasteiger partial charge is 0.237 e. The fraction of sp³-hybridized carbons (Fsp3) is 0.286. The molecule has 3 rings (SSSR count). The van der Waals surface area contributed by atoms with E-state index < -0.39 is 0 Å². The highest BCUT2D eigenvalue weighted by Crippen LogP contribution is 2.29. The SMILES string of the molecule is Cc1csc(SCC(=O)N2CCc3ccccc32)n1. The molecule has 1 aromatic heterocycles. The van der Waals surface area contributed by atoms with E-state index >= 15 is 0 Å². The second-order valence-corrected chi connectivity index (χ2v) is 6.55. The fourth-order valence-electron chi connectivity index (χ4n) is 2.20. The molecule has 0 atom stereocenters. The van der Waals surface area contributed by atoms with E-state index in [1.165, 1.54) is 17.3 Å². The maximum absolute atomic E-state index is 12.3. The number of carbonyl (C=O) groups excluding carboxylic acids is 1. The first-order valence-electron chi connectivity index (χ1n) is 6.17. The average molecular weight is 290 g/mol. The molecule has 1 aromatic carbocycles. The van der Waals surface area contributed by atoms with Gasteiger partial charge in [0.05, 0.1) is 5.75 Å². The summed E-state index contributed by atoms with van der Waals surface area (Å²) < 4.78 is 0.971. The minimum Gasteiger partial charge on any atom is -0.311 e. The summed E-state index contributed by atoms with van der Waals surface area (Å²) in [6.07, 6.45) is 0.961. The lowest BCUT2D eigenvalue weighted by Crippen LogP contribution is -2.30. The first-order valence-corrected chi connectivity index (χ1v) is 8.04. The van der Waals surface area contributed by atoms with Crippen LogP contribution in [0.15, 0.2) is 34.0 Å². The number of para-hydroxylation sites is 1. The number of carbonyl (C=O) groups is 1. The Balaban J connectivity index is 1.66. The summed E-state index contributed by atoms with van der Waals surface area (Å²) >= 11 is 3.13. The van der Waals surface area contributed by atoms with Crippen LogP contribution in [0.25, 0.3) is 0 Å². The van der Waals surface area contributed by atoms with Gasteiger partial charge in [-0.15, -0.1) is 11.3 Å². The monoisotopic (exact) mass is 290 g/mol. The van der Waals surface area contributed by atoms with Crippen molar-refractivity contribution >= 4 is 34.7 Å². The van der Waals surface area contributed by atoms with Crippen LogP contribution in [0.5, 0.6) is 0 Å². The fourth-order valence-corrected chi connectivity index (χ4v) is 3.92. The van der Waals surface area contributed by atoms with E-state index in [9.17, 15) is 4.79 Å². The molecule has 98 valence electrons. The van der Waals surface area contributed by atoms with Gasteiger partial charge in [0.1, 0.15) is 0 Å². The highest BCUT2D eigenvalue weighted by molar-refractivity contribution is 8.01. The van der Waals surface area contributed by atoms with Crippen molar-refractivity contribution < 1.29 is 4.79 Å². The van der Waals surface area contributed by atoms with E-state index in [1.807, 2.05) is 35.4 Å². The van der Waals surface area contributed by atoms with Gasteiger partial charge in [0.2, 0.25) is 5.91 Å². The van der Waals surface area contributed by atoms with Crippen LogP contribution in [0.4, 0.5) is 5.69 Å². The predicted molar refractivity (Wildman–Crippen MR) is 80.1 cm³/mol. The van der Waals surface area contributed by atoms with Gasteiger partial charge in [0.15, 0.2) is 4.34 Å². The molecule has 0 unspecified atom stereocenters. The summed E-state index contributed by atoms with van der Waals surface area (Å²) in [5.74, 6) is 0.629. The Morgan fingerprint density at radius 2 is 2.32 bits per heavy atom. The van der Waals surface area contributed by atoms with E-state index in [2.05, 4.69) is 11.1 Å². The molecule has 3 nitrogen and oxygen atoms in total. The van der Waals surface area contributed by atoms with Crippen molar-refractivity contribution in [1.29, 1.82) is 0 Å². The number of benzene rings is 1. The molecular formula is C14H14N2OS2. The van der Waals surface area contributed by atoms with E-state index in [0.717, 1.165) is 28.7 Å². The Bertz CT molecular complexity index is 609. The van der Waals surface area contributed by atoms with Gasteiger partial charge in [-0.05, 0) is 25.0 Å². The third-order valence-electron chi connectivity index (χ3n) is 3.11. The van der Waals surface area contributed by atoms with Gasteiger partial charge in [0.25, 0.3) is 0 Å². The van der Waals surface area contributed by atoms with Gasteiger partial charge < -0.3 is 4.90 Å². The maximum Gasteiger partial charge on any atom is 0.237 e. The summed E-state index contributed by atoms with van der Waals surface area (Å²) in [6.45, 7) is 2.77. The molecule has 0 spiro atoms. The third-order valence-corrected chi connectivity index (χ3v) is 5.23. The third kappa shape index (κ3) is 2.67. The van der Waals surface area contributed by atoms with Crippen LogP contribution in [0.2, 0.25) is 0 Å². The molecule has 0 bridgehead atoms. The minimum atomic E-state index is 0.169. The normalized spacial score (nSPS) is 13.6. The van der Waals surface area contributed by atoms with E-state index in [0.29, 0.717) is 5.75 Å². The standard InChI is InChI=1S/C14H14N2OS2/c1-10-8-18-14(15-10)19-9-13(17)16-7-6-11-4-2-3-5-12(11)16/h2-5,8H,6-7,9H2,1H3. The van der Waals surface area contributed by atoms with Crippen LogP contribution < -0.4 is 4.90 Å². The quantitative estimate of drug-likeness (QED) is 0.814. The zero-order chi connectivity index (χ0) is 13.2. The van der Waals surface area contributed by atoms with Crippen molar-refractivity contribution in [2.45, 2.75) is 17.7 Å². The lowest BCUT2D eigenvalue weighted by atomic mass is 10.2. The lowest BCUT2D eigenvalue weighted by Gasteiger charge is -2.16. The van der Waals surface area contributed by atoms with Crippen LogP contribution in [-0.4, -0.2) is 23.2 Å². The van der Waals surface area contributed by atoms with Crippen molar-refractivity contribution in [2.75, 3.05) is 17.2 Å². The number of thiazole rings is 1. The number of hydrogen-bond acceptors (Lipinski definition) is 4. The highest BCUT2D eigenvalue weighted by atomic mass is 32.2. The summed E-state index contributed by atoms with van der Waals surface area (Å²) in [7, 11) is 0. The summed E-state index contributed by atoms with van der Waals surface area (Å²) in [5.41, 5.74) is 3.36. The van der Waals surface area contributed by atoms with Gasteiger partial charge in [-0.2, -0.15) is 0 Å². The van der Waals surface area contributed by atoms with Crippen molar-refractivity contribution in [3.63, 3.8) is 0 Å². The number of anilines is 1. The zero-order valence-corrected chi connectivity index (χ0v) is 12.3. The molecule has 1 aliphatic rings. The molecule has 0 fully saturated rings. The molecule has 19 heavy (non-hydrogen) atoms. The Morgan fingerprint density at radius 1 is 1.47 bits per heavy atom. The number of aromatic nitrogens is 1. The first-order chi connectivity index (χ1) is 9.24. The zero-order valence-electron chi connectivity index (χ0n) is 10.6. The van der Waals surface area contributed by atoms with Crippen LogP contribution in [-0.2, 0) is 11.2 Å². The van der Waals surface area contributed by atoms with Gasteiger partial charge in [-0.1, -0.05) is 30.0 Å². The summed E-state index contributed by atoms with van der Waals surface area (Å²) in [5, 5.41) is 2.01. The Morgan fingerprint density at radius 3 is 3.11 bits per heavy atom. The van der Waals surface area contributed by atoms with Crippen molar-refractivity contribution in [2.24, 2.45) is 0 Å². The van der Waals surface area contributed by atoms with E-state index in [-0.39, 0.29) is 5.91 Å². The second-order valence-electron chi connectivity index (χ2n) is 4.47. The molecule has 0 saturated carbocycles. The van der Waals surface area contributed by atoms with Crippen molar-refractivity contribution in [3.8, 4) is 0 Å². The van der Waals surface area contributed by atoms with Crippen LogP contribution in [0.3, 0.4) is 0 Å². The van der Waals surface area contributed by atoms with Gasteiger partial charge in [-0.25, -0.2) is 4.98 Å². The van der Waals surface area contributed by atoms with Crippen LogP contribution in [0, 0.1) is 6.92 Å². The number of amides is 1. The Labute approximate surface area is 120 Å². The topological polar surface area (TPSA) is 33.2 Å². The number of nitrogens with zero attached hydrogens (tertiary/aromatic N) is 2. The minimum absolute atomic E-state index is 0.169. The number of rotatable bonds is 3.